The lowest BCUT2D eigenvalue weighted by Gasteiger charge is -2.26. The van der Waals surface area contributed by atoms with Crippen LogP contribution in [0.2, 0.25) is 0 Å². The molecule has 174 valence electrons. The Morgan fingerprint density at radius 2 is 1.76 bits per heavy atom. The number of hydrogen-bond acceptors (Lipinski definition) is 9. The number of rotatable bonds is 6. The molecule has 0 bridgehead atoms. The van der Waals surface area contributed by atoms with Crippen LogP contribution in [0.4, 0.5) is 5.95 Å². The highest BCUT2D eigenvalue weighted by molar-refractivity contribution is 5.58. The third-order valence-electron chi connectivity index (χ3n) is 7.03. The van der Waals surface area contributed by atoms with Crippen molar-refractivity contribution in [1.82, 2.24) is 34.9 Å². The summed E-state index contributed by atoms with van der Waals surface area (Å²) in [5.74, 6) is 1.85. The molecule has 0 radical (unpaired) electrons. The molecule has 2 aliphatic rings. The summed E-state index contributed by atoms with van der Waals surface area (Å²) in [7, 11) is 0. The van der Waals surface area contributed by atoms with Crippen LogP contribution in [0.15, 0.2) is 47.6 Å². The van der Waals surface area contributed by atoms with Gasteiger partial charge in [0, 0.05) is 43.6 Å². The minimum Gasteiger partial charge on any atom is -0.381 e. The number of hydrogen-bond donors (Lipinski definition) is 1. The van der Waals surface area contributed by atoms with Gasteiger partial charge in [0.25, 0.3) is 5.89 Å². The second-order valence-electron chi connectivity index (χ2n) is 9.21. The number of nitrogens with zero attached hydrogens (tertiary/aromatic N) is 7. The maximum atomic E-state index is 5.71. The van der Waals surface area contributed by atoms with E-state index in [1.165, 1.54) is 0 Å². The van der Waals surface area contributed by atoms with E-state index in [-0.39, 0.29) is 11.4 Å². The average Bonchev–Trinajstić information content (AvgIpc) is 3.41. The van der Waals surface area contributed by atoms with Crippen LogP contribution in [0.5, 0.6) is 0 Å². The van der Waals surface area contributed by atoms with Crippen LogP contribution >= 0.6 is 0 Å². The molecule has 1 aliphatic carbocycles. The largest absolute Gasteiger partial charge is 0.381 e. The number of anilines is 1. The Morgan fingerprint density at radius 3 is 2.47 bits per heavy atom. The molecule has 0 amide bonds. The summed E-state index contributed by atoms with van der Waals surface area (Å²) >= 11 is 0. The summed E-state index contributed by atoms with van der Waals surface area (Å²) in [6, 6.07) is 4.40. The monoisotopic (exact) mass is 458 g/mol. The summed E-state index contributed by atoms with van der Waals surface area (Å²) < 4.78 is 13.2. The van der Waals surface area contributed by atoms with Crippen LogP contribution in [0.25, 0.3) is 22.7 Å². The highest BCUT2D eigenvalue weighted by Crippen LogP contribution is 2.50. The van der Waals surface area contributed by atoms with Crippen molar-refractivity contribution in [3.05, 3.63) is 54.5 Å². The van der Waals surface area contributed by atoms with Crippen molar-refractivity contribution in [2.45, 2.75) is 44.1 Å². The number of nitrogen functional groups attached to an aromatic ring is 1. The fraction of sp³-hybridized carbons (Fsp3) is 0.417. The highest BCUT2D eigenvalue weighted by atomic mass is 16.5. The Balaban J connectivity index is 1.28. The van der Waals surface area contributed by atoms with E-state index in [4.69, 9.17) is 20.0 Å². The van der Waals surface area contributed by atoms with Gasteiger partial charge in [0.05, 0.1) is 28.9 Å². The van der Waals surface area contributed by atoms with Gasteiger partial charge in [-0.05, 0) is 50.2 Å². The van der Waals surface area contributed by atoms with Crippen LogP contribution in [0.3, 0.4) is 0 Å². The molecule has 1 saturated carbocycles. The second kappa shape index (κ2) is 8.28. The Morgan fingerprint density at radius 1 is 0.971 bits per heavy atom. The van der Waals surface area contributed by atoms with E-state index in [9.17, 15) is 0 Å². The molecule has 2 N–H and O–H groups in total. The molecule has 10 nitrogen and oxygen atoms in total. The van der Waals surface area contributed by atoms with Gasteiger partial charge in [-0.25, -0.2) is 9.97 Å². The lowest BCUT2D eigenvalue weighted by molar-refractivity contribution is 0.0662. The van der Waals surface area contributed by atoms with Crippen molar-refractivity contribution < 1.29 is 9.26 Å². The Bertz CT molecular complexity index is 1270. The maximum absolute atomic E-state index is 5.71. The van der Waals surface area contributed by atoms with E-state index in [1.54, 1.807) is 18.6 Å². The molecule has 10 heteroatoms. The van der Waals surface area contributed by atoms with E-state index in [0.717, 1.165) is 61.3 Å². The van der Waals surface area contributed by atoms with Gasteiger partial charge in [0.1, 0.15) is 0 Å². The molecule has 4 aromatic heterocycles. The topological polar surface area (TPSA) is 131 Å². The van der Waals surface area contributed by atoms with Gasteiger partial charge in [0.15, 0.2) is 5.82 Å². The standard InChI is InChI=1S/C24H26N8O2/c1-24(17-2-3-17,18-4-5-20(26-13-18)15-10-27-23(25)28-11-15)22-30-21(34-31-22)16-12-29-32(14-16)19-6-8-33-9-7-19/h4-5,10-14,17,19H,2-3,6-9H2,1H3,(H2,25,27,28). The third kappa shape index (κ3) is 3.73. The van der Waals surface area contributed by atoms with Crippen molar-refractivity contribution in [1.29, 1.82) is 0 Å². The first-order valence-corrected chi connectivity index (χ1v) is 11.6. The molecular formula is C24H26N8O2. The predicted octanol–water partition coefficient (Wildman–Crippen LogP) is 3.43. The second-order valence-corrected chi connectivity index (χ2v) is 9.21. The first-order chi connectivity index (χ1) is 16.6. The molecule has 1 saturated heterocycles. The molecule has 1 aliphatic heterocycles. The molecule has 2 fully saturated rings. The van der Waals surface area contributed by atoms with Crippen molar-refractivity contribution in [2.75, 3.05) is 18.9 Å². The molecule has 4 aromatic rings. The van der Waals surface area contributed by atoms with Crippen LogP contribution in [0.1, 0.15) is 50.0 Å². The van der Waals surface area contributed by atoms with Crippen molar-refractivity contribution >= 4 is 5.95 Å². The maximum Gasteiger partial charge on any atom is 0.261 e. The summed E-state index contributed by atoms with van der Waals surface area (Å²) in [5, 5.41) is 8.95. The number of aromatic nitrogens is 7. The number of ether oxygens (including phenoxy) is 1. The van der Waals surface area contributed by atoms with Crippen LogP contribution < -0.4 is 5.73 Å². The summed E-state index contributed by atoms with van der Waals surface area (Å²) in [5.41, 5.74) is 8.71. The van der Waals surface area contributed by atoms with E-state index in [1.807, 2.05) is 23.1 Å². The summed E-state index contributed by atoms with van der Waals surface area (Å²) in [6.07, 6.45) is 13.2. The van der Waals surface area contributed by atoms with Crippen LogP contribution in [-0.4, -0.2) is 48.1 Å². The molecular weight excluding hydrogens is 432 g/mol. The zero-order valence-electron chi connectivity index (χ0n) is 19.0. The number of pyridine rings is 1. The normalized spacial score (nSPS) is 18.6. The van der Waals surface area contributed by atoms with E-state index >= 15 is 0 Å². The Hall–Kier alpha value is -3.66. The molecule has 5 heterocycles. The van der Waals surface area contributed by atoms with E-state index in [0.29, 0.717) is 23.7 Å². The van der Waals surface area contributed by atoms with Gasteiger partial charge >= 0.3 is 0 Å². The summed E-state index contributed by atoms with van der Waals surface area (Å²) in [6.45, 7) is 3.71. The molecule has 1 unspecified atom stereocenters. The predicted molar refractivity (Wildman–Crippen MR) is 123 cm³/mol. The smallest absolute Gasteiger partial charge is 0.261 e. The van der Waals surface area contributed by atoms with Gasteiger partial charge in [-0.1, -0.05) is 11.2 Å². The van der Waals surface area contributed by atoms with Gasteiger partial charge in [-0.3, -0.25) is 9.67 Å². The molecule has 0 spiro atoms. The van der Waals surface area contributed by atoms with Crippen molar-refractivity contribution in [2.24, 2.45) is 5.92 Å². The SMILES string of the molecule is CC(c1ccc(-c2cnc(N)nc2)nc1)(c1noc(-c2cnn(C3CCOCC3)c2)n1)C1CC1. The molecule has 6 rings (SSSR count). The zero-order chi connectivity index (χ0) is 23.1. The van der Waals surface area contributed by atoms with Gasteiger partial charge < -0.3 is 15.0 Å². The lowest BCUT2D eigenvalue weighted by atomic mass is 9.77. The highest BCUT2D eigenvalue weighted by Gasteiger charge is 2.47. The fourth-order valence-corrected chi connectivity index (χ4v) is 4.70. The van der Waals surface area contributed by atoms with Crippen LogP contribution in [-0.2, 0) is 10.2 Å². The average molecular weight is 459 g/mol. The minimum absolute atomic E-state index is 0.243. The zero-order valence-corrected chi connectivity index (χ0v) is 19.0. The van der Waals surface area contributed by atoms with Crippen molar-refractivity contribution in [3.8, 4) is 22.7 Å². The third-order valence-corrected chi connectivity index (χ3v) is 7.03. The lowest BCUT2D eigenvalue weighted by Crippen LogP contribution is -2.28. The number of nitrogens with two attached hydrogens (primary N) is 1. The van der Waals surface area contributed by atoms with Crippen molar-refractivity contribution in [3.63, 3.8) is 0 Å². The first-order valence-electron chi connectivity index (χ1n) is 11.6. The first kappa shape index (κ1) is 20.9. The van der Waals surface area contributed by atoms with E-state index in [2.05, 4.69) is 38.2 Å². The van der Waals surface area contributed by atoms with Gasteiger partial charge in [-0.2, -0.15) is 10.1 Å². The Labute approximate surface area is 196 Å². The molecule has 34 heavy (non-hydrogen) atoms. The minimum atomic E-state index is -0.387. The quantitative estimate of drug-likeness (QED) is 0.461. The van der Waals surface area contributed by atoms with E-state index < -0.39 is 0 Å². The van der Waals surface area contributed by atoms with Crippen LogP contribution in [0, 0.1) is 5.92 Å². The summed E-state index contributed by atoms with van der Waals surface area (Å²) in [4.78, 5) is 17.6. The van der Waals surface area contributed by atoms with Gasteiger partial charge in [0.2, 0.25) is 5.95 Å². The Kier molecular flexibility index (Phi) is 5.09. The molecule has 0 aromatic carbocycles. The molecule has 1 atom stereocenters. The fourth-order valence-electron chi connectivity index (χ4n) is 4.70. The van der Waals surface area contributed by atoms with Gasteiger partial charge in [-0.15, -0.1) is 0 Å².